The van der Waals surface area contributed by atoms with Crippen LogP contribution in [-0.4, -0.2) is 35.7 Å². The van der Waals surface area contributed by atoms with E-state index in [1.165, 1.54) is 12.8 Å². The van der Waals surface area contributed by atoms with Crippen molar-refractivity contribution in [2.45, 2.75) is 31.8 Å². The quantitative estimate of drug-likeness (QED) is 0.805. The van der Waals surface area contributed by atoms with Gasteiger partial charge in [0.15, 0.2) is 5.82 Å². The number of likely N-dealkylation sites (tertiary alicyclic amines) is 1. The molecule has 0 amide bonds. The minimum atomic E-state index is 0.317. The molecule has 1 aromatic heterocycles. The van der Waals surface area contributed by atoms with Crippen molar-refractivity contribution < 1.29 is 4.52 Å². The van der Waals surface area contributed by atoms with Crippen LogP contribution in [0.2, 0.25) is 0 Å². The zero-order valence-electron chi connectivity index (χ0n) is 9.36. The van der Waals surface area contributed by atoms with Gasteiger partial charge in [-0.15, -0.1) is 0 Å². The number of nitrogens with zero attached hydrogens (tertiary/aromatic N) is 3. The second-order valence-electron chi connectivity index (χ2n) is 4.07. The molecule has 1 unspecified atom stereocenters. The highest BCUT2D eigenvalue weighted by molar-refractivity contribution is 4.94. The predicted octanol–water partition coefficient (Wildman–Crippen LogP) is 0.946. The number of rotatable bonds is 3. The van der Waals surface area contributed by atoms with Gasteiger partial charge in [-0.25, -0.2) is 0 Å². The second-order valence-corrected chi connectivity index (χ2v) is 4.07. The Balaban J connectivity index is 2.06. The number of piperidine rings is 1. The smallest absolute Gasteiger partial charge is 0.244 e. The van der Waals surface area contributed by atoms with Crippen molar-refractivity contribution in [1.29, 1.82) is 0 Å². The van der Waals surface area contributed by atoms with Gasteiger partial charge >= 0.3 is 0 Å². The highest BCUT2D eigenvalue weighted by Gasteiger charge is 2.25. The molecule has 2 rings (SSSR count). The van der Waals surface area contributed by atoms with Crippen molar-refractivity contribution in [3.05, 3.63) is 11.7 Å². The topological polar surface area (TPSA) is 54.2 Å². The Morgan fingerprint density at radius 2 is 2.40 bits per heavy atom. The van der Waals surface area contributed by atoms with E-state index in [-0.39, 0.29) is 0 Å². The van der Waals surface area contributed by atoms with E-state index in [9.17, 15) is 0 Å². The normalized spacial score (nSPS) is 23.2. The average Bonchev–Trinajstić information content (AvgIpc) is 2.68. The molecule has 0 aliphatic carbocycles. The summed E-state index contributed by atoms with van der Waals surface area (Å²) in [4.78, 5) is 6.68. The van der Waals surface area contributed by atoms with Gasteiger partial charge in [0.2, 0.25) is 5.89 Å². The molecule has 1 atom stereocenters. The zero-order valence-corrected chi connectivity index (χ0v) is 9.36. The lowest BCUT2D eigenvalue weighted by atomic mass is 10.0. The third-order valence-corrected chi connectivity index (χ3v) is 2.87. The van der Waals surface area contributed by atoms with Crippen molar-refractivity contribution >= 4 is 0 Å². The first-order chi connectivity index (χ1) is 7.31. The van der Waals surface area contributed by atoms with Gasteiger partial charge in [-0.05, 0) is 33.5 Å². The molecule has 2 heterocycles. The third kappa shape index (κ3) is 2.35. The van der Waals surface area contributed by atoms with Crippen molar-refractivity contribution in [2.24, 2.45) is 0 Å². The Hall–Kier alpha value is -0.940. The van der Waals surface area contributed by atoms with Crippen molar-refractivity contribution in [3.8, 4) is 0 Å². The molecule has 15 heavy (non-hydrogen) atoms. The lowest BCUT2D eigenvalue weighted by molar-refractivity contribution is 0.150. The minimum Gasteiger partial charge on any atom is -0.338 e. The molecule has 0 saturated carbocycles. The number of aromatic nitrogens is 2. The van der Waals surface area contributed by atoms with Gasteiger partial charge in [-0.1, -0.05) is 11.6 Å². The molecular weight excluding hydrogens is 192 g/mol. The van der Waals surface area contributed by atoms with Crippen LogP contribution in [0, 0.1) is 0 Å². The van der Waals surface area contributed by atoms with Gasteiger partial charge < -0.3 is 9.84 Å². The third-order valence-electron chi connectivity index (χ3n) is 2.87. The van der Waals surface area contributed by atoms with Crippen LogP contribution in [-0.2, 0) is 6.54 Å². The van der Waals surface area contributed by atoms with Gasteiger partial charge in [0.25, 0.3) is 0 Å². The standard InChI is InChI=1S/C10H18N4O/c1-11-7-9-12-10(15-13-9)8-5-3-4-6-14(8)2/h8,11H,3-7H2,1-2H3. The van der Waals surface area contributed by atoms with Crippen LogP contribution in [0.4, 0.5) is 0 Å². The molecule has 1 saturated heterocycles. The van der Waals surface area contributed by atoms with Crippen LogP contribution in [0.3, 0.4) is 0 Å². The van der Waals surface area contributed by atoms with Gasteiger partial charge in [-0.3, -0.25) is 4.90 Å². The van der Waals surface area contributed by atoms with Crippen molar-refractivity contribution in [3.63, 3.8) is 0 Å². The highest BCUT2D eigenvalue weighted by Crippen LogP contribution is 2.27. The minimum absolute atomic E-state index is 0.317. The first kappa shape index (κ1) is 10.6. The maximum absolute atomic E-state index is 5.28. The zero-order chi connectivity index (χ0) is 10.7. The molecular formula is C10H18N4O. The monoisotopic (exact) mass is 210 g/mol. The lowest BCUT2D eigenvalue weighted by Gasteiger charge is -2.29. The molecule has 0 spiro atoms. The Kier molecular flexibility index (Phi) is 3.33. The highest BCUT2D eigenvalue weighted by atomic mass is 16.5. The molecule has 1 fully saturated rings. The summed E-state index contributed by atoms with van der Waals surface area (Å²) in [5.74, 6) is 1.51. The first-order valence-electron chi connectivity index (χ1n) is 5.48. The van der Waals surface area contributed by atoms with Gasteiger partial charge in [0.1, 0.15) is 0 Å². The molecule has 0 radical (unpaired) electrons. The van der Waals surface area contributed by atoms with Gasteiger partial charge in [-0.2, -0.15) is 4.98 Å². The fourth-order valence-electron chi connectivity index (χ4n) is 2.02. The maximum atomic E-state index is 5.28. The van der Waals surface area contributed by atoms with Gasteiger partial charge in [0.05, 0.1) is 12.6 Å². The summed E-state index contributed by atoms with van der Waals surface area (Å²) in [5.41, 5.74) is 0. The average molecular weight is 210 g/mol. The fraction of sp³-hybridized carbons (Fsp3) is 0.800. The number of hydrogen-bond acceptors (Lipinski definition) is 5. The summed E-state index contributed by atoms with van der Waals surface area (Å²) >= 11 is 0. The molecule has 0 aromatic carbocycles. The summed E-state index contributed by atoms with van der Waals surface area (Å²) in [6.07, 6.45) is 3.64. The van der Waals surface area contributed by atoms with Crippen molar-refractivity contribution in [2.75, 3.05) is 20.6 Å². The Morgan fingerprint density at radius 1 is 1.53 bits per heavy atom. The predicted molar refractivity (Wildman–Crippen MR) is 56.3 cm³/mol. The Bertz CT molecular complexity index is 312. The number of hydrogen-bond donors (Lipinski definition) is 1. The van der Waals surface area contributed by atoms with Crippen LogP contribution in [0.15, 0.2) is 4.52 Å². The first-order valence-corrected chi connectivity index (χ1v) is 5.48. The summed E-state index contributed by atoms with van der Waals surface area (Å²) in [6, 6.07) is 0.317. The Morgan fingerprint density at radius 3 is 3.13 bits per heavy atom. The van der Waals surface area contributed by atoms with Crippen LogP contribution in [0.25, 0.3) is 0 Å². The molecule has 1 aliphatic rings. The van der Waals surface area contributed by atoms with E-state index in [0.717, 1.165) is 24.7 Å². The van der Waals surface area contributed by atoms with E-state index < -0.39 is 0 Å². The van der Waals surface area contributed by atoms with Crippen LogP contribution >= 0.6 is 0 Å². The molecule has 1 aliphatic heterocycles. The van der Waals surface area contributed by atoms with Crippen molar-refractivity contribution in [1.82, 2.24) is 20.4 Å². The largest absolute Gasteiger partial charge is 0.338 e. The van der Waals surface area contributed by atoms with E-state index in [1.54, 1.807) is 0 Å². The van der Waals surface area contributed by atoms with E-state index in [2.05, 4.69) is 27.4 Å². The molecule has 1 aromatic rings. The van der Waals surface area contributed by atoms with Crippen LogP contribution in [0.1, 0.15) is 37.0 Å². The molecule has 84 valence electrons. The summed E-state index contributed by atoms with van der Waals surface area (Å²) in [5, 5.41) is 6.95. The summed E-state index contributed by atoms with van der Waals surface area (Å²) in [6.45, 7) is 1.79. The van der Waals surface area contributed by atoms with Crippen LogP contribution < -0.4 is 5.32 Å². The van der Waals surface area contributed by atoms with E-state index in [1.807, 2.05) is 7.05 Å². The fourth-order valence-corrected chi connectivity index (χ4v) is 2.02. The van der Waals surface area contributed by atoms with Crippen LogP contribution in [0.5, 0.6) is 0 Å². The van der Waals surface area contributed by atoms with Gasteiger partial charge in [0, 0.05) is 0 Å². The van der Waals surface area contributed by atoms with E-state index in [0.29, 0.717) is 12.6 Å². The molecule has 5 heteroatoms. The number of nitrogens with one attached hydrogen (secondary N) is 1. The molecule has 0 bridgehead atoms. The van der Waals surface area contributed by atoms with E-state index in [4.69, 9.17) is 4.52 Å². The summed E-state index contributed by atoms with van der Waals surface area (Å²) in [7, 11) is 3.99. The van der Waals surface area contributed by atoms with E-state index >= 15 is 0 Å². The lowest BCUT2D eigenvalue weighted by Crippen LogP contribution is -2.29. The maximum Gasteiger partial charge on any atom is 0.244 e. The Labute approximate surface area is 89.8 Å². The molecule has 5 nitrogen and oxygen atoms in total. The summed E-state index contributed by atoms with van der Waals surface area (Å²) < 4.78 is 5.28. The molecule has 1 N–H and O–H groups in total. The second kappa shape index (κ2) is 4.72. The SMILES string of the molecule is CNCc1noc(C2CCCCN2C)n1.